The van der Waals surface area contributed by atoms with Gasteiger partial charge in [-0.05, 0) is 43.5 Å². The second-order valence-corrected chi connectivity index (χ2v) is 13.0. The highest BCUT2D eigenvalue weighted by atomic mass is 16.4. The summed E-state index contributed by atoms with van der Waals surface area (Å²) in [4.78, 5) is 12.8. The zero-order valence-corrected chi connectivity index (χ0v) is 28.6. The number of fused-ring (bicyclic) bond motifs is 2. The van der Waals surface area contributed by atoms with E-state index in [4.69, 9.17) is 0 Å². The van der Waals surface area contributed by atoms with Crippen LogP contribution < -0.4 is 0 Å². The van der Waals surface area contributed by atoms with Crippen LogP contribution in [-0.2, 0) is 6.54 Å². The third-order valence-electron chi connectivity index (χ3n) is 9.86. The smallest absolute Gasteiger partial charge is 0.336 e. The molecule has 0 unspecified atom stereocenters. The van der Waals surface area contributed by atoms with Crippen molar-refractivity contribution in [2.75, 3.05) is 6.54 Å². The molecule has 3 aromatic carbocycles. The van der Waals surface area contributed by atoms with Gasteiger partial charge in [0.15, 0.2) is 5.71 Å². The summed E-state index contributed by atoms with van der Waals surface area (Å²) in [6.45, 7) is 10.9. The maximum Gasteiger partial charge on any atom is 0.336 e. The summed E-state index contributed by atoms with van der Waals surface area (Å²) in [6, 6.07) is 25.0. The second-order valence-electron chi connectivity index (χ2n) is 13.0. The molecular weight excluding hydrogens is 564 g/mol. The van der Waals surface area contributed by atoms with E-state index in [2.05, 4.69) is 85.4 Å². The van der Waals surface area contributed by atoms with E-state index in [0.29, 0.717) is 5.56 Å². The lowest BCUT2D eigenvalue weighted by Gasteiger charge is -2.16. The molecule has 4 aromatic rings. The fourth-order valence-electron chi connectivity index (χ4n) is 7.45. The van der Waals surface area contributed by atoms with Crippen molar-refractivity contribution in [3.8, 4) is 0 Å². The van der Waals surface area contributed by atoms with Gasteiger partial charge in [-0.2, -0.15) is 4.58 Å². The predicted molar refractivity (Wildman–Crippen MR) is 195 cm³/mol. The van der Waals surface area contributed by atoms with E-state index in [1.807, 2.05) is 18.2 Å². The molecule has 0 saturated heterocycles. The Morgan fingerprint density at radius 2 is 1.28 bits per heavy atom. The number of benzene rings is 3. The van der Waals surface area contributed by atoms with Gasteiger partial charge in [-0.15, -0.1) is 0 Å². The average Bonchev–Trinajstić information content (AvgIpc) is 3.51. The zero-order valence-electron chi connectivity index (χ0n) is 28.6. The number of para-hydroxylation sites is 2. The van der Waals surface area contributed by atoms with E-state index < -0.39 is 5.97 Å². The van der Waals surface area contributed by atoms with Crippen LogP contribution in [0.2, 0.25) is 0 Å². The molecule has 0 fully saturated rings. The summed E-state index contributed by atoms with van der Waals surface area (Å²) in [6.07, 6.45) is 15.0. The van der Waals surface area contributed by atoms with E-state index in [1.165, 1.54) is 97.8 Å². The molecule has 4 nitrogen and oxygen atoms in total. The van der Waals surface area contributed by atoms with Crippen LogP contribution in [0.15, 0.2) is 72.8 Å². The number of nitrogens with zero attached hydrogens (tertiary/aromatic N) is 2. The molecule has 0 bridgehead atoms. The number of hydrogen-bond acceptors (Lipinski definition) is 1. The minimum absolute atomic E-state index is 0.344. The van der Waals surface area contributed by atoms with E-state index in [9.17, 15) is 9.90 Å². The van der Waals surface area contributed by atoms with E-state index in [1.54, 1.807) is 6.07 Å². The normalized spacial score (nSPS) is 13.9. The fraction of sp³-hybridized carbons (Fsp3) is 0.429. The van der Waals surface area contributed by atoms with Crippen molar-refractivity contribution in [2.24, 2.45) is 0 Å². The van der Waals surface area contributed by atoms with Crippen molar-refractivity contribution in [2.45, 2.75) is 111 Å². The maximum absolute atomic E-state index is 12.8. The summed E-state index contributed by atoms with van der Waals surface area (Å²) in [5.74, 6) is -0.893. The molecule has 4 heteroatoms. The Kier molecular flexibility index (Phi) is 11.7. The third-order valence-corrected chi connectivity index (χ3v) is 9.86. The number of rotatable bonds is 17. The first-order chi connectivity index (χ1) is 22.5. The highest BCUT2D eigenvalue weighted by molar-refractivity contribution is 6.33. The molecule has 0 saturated carbocycles. The Bertz CT molecular complexity index is 1720. The minimum atomic E-state index is -0.893. The average molecular weight is 618 g/mol. The number of aryl methyl sites for hydroxylation is 1. The first-order valence-electron chi connectivity index (χ1n) is 17.9. The lowest BCUT2D eigenvalue weighted by atomic mass is 9.85. The largest absolute Gasteiger partial charge is 0.478 e. The SMILES string of the molecule is CCCCCCCCn1c(C)c(C(=C2C(C)=[N+](CCCCCCCC)c3ccccc32)c2ccccc2C(=O)O)c2ccccc21. The number of allylic oxidation sites excluding steroid dienone is 1. The van der Waals surface area contributed by atoms with Crippen LogP contribution in [0, 0.1) is 6.92 Å². The molecule has 0 spiro atoms. The second kappa shape index (κ2) is 16.1. The Morgan fingerprint density at radius 1 is 0.696 bits per heavy atom. The summed E-state index contributed by atoms with van der Waals surface area (Å²) in [5.41, 5.74) is 10.5. The van der Waals surface area contributed by atoms with Crippen molar-refractivity contribution in [1.82, 2.24) is 4.57 Å². The van der Waals surface area contributed by atoms with Gasteiger partial charge in [-0.1, -0.05) is 120 Å². The molecule has 1 aromatic heterocycles. The molecule has 0 aliphatic carbocycles. The van der Waals surface area contributed by atoms with Gasteiger partial charge in [0, 0.05) is 53.7 Å². The highest BCUT2D eigenvalue weighted by Gasteiger charge is 2.36. The summed E-state index contributed by atoms with van der Waals surface area (Å²) in [5, 5.41) is 11.7. The zero-order chi connectivity index (χ0) is 32.5. The van der Waals surface area contributed by atoms with Crippen LogP contribution >= 0.6 is 0 Å². The topological polar surface area (TPSA) is 45.2 Å². The lowest BCUT2D eigenvalue weighted by Crippen LogP contribution is -2.13. The molecule has 1 aliphatic heterocycles. The number of carbonyl (C=O) groups is 1. The first-order valence-corrected chi connectivity index (χ1v) is 17.9. The molecule has 2 heterocycles. The molecule has 0 atom stereocenters. The highest BCUT2D eigenvalue weighted by Crippen LogP contribution is 2.45. The van der Waals surface area contributed by atoms with Gasteiger partial charge in [-0.3, -0.25) is 0 Å². The minimum Gasteiger partial charge on any atom is -0.478 e. The van der Waals surface area contributed by atoms with E-state index in [-0.39, 0.29) is 0 Å². The van der Waals surface area contributed by atoms with Gasteiger partial charge in [0.05, 0.1) is 16.7 Å². The van der Waals surface area contributed by atoms with Gasteiger partial charge in [-0.25, -0.2) is 4.79 Å². The molecular formula is C42H53N2O2+. The Labute approximate surface area is 276 Å². The van der Waals surface area contributed by atoms with Crippen LogP contribution in [0.25, 0.3) is 22.0 Å². The van der Waals surface area contributed by atoms with Gasteiger partial charge in [0.25, 0.3) is 0 Å². The van der Waals surface area contributed by atoms with Gasteiger partial charge in [0.2, 0.25) is 5.69 Å². The van der Waals surface area contributed by atoms with Crippen LogP contribution in [-0.4, -0.2) is 32.5 Å². The molecule has 1 N–H and O–H groups in total. The Balaban J connectivity index is 1.69. The molecule has 5 rings (SSSR count). The number of carboxylic acid groups (broad SMARTS) is 1. The third kappa shape index (κ3) is 7.07. The maximum atomic E-state index is 12.8. The number of carboxylic acids is 1. The fourth-order valence-corrected chi connectivity index (χ4v) is 7.45. The van der Waals surface area contributed by atoms with Gasteiger partial charge in [0.1, 0.15) is 6.54 Å². The summed E-state index contributed by atoms with van der Waals surface area (Å²) < 4.78 is 4.97. The van der Waals surface area contributed by atoms with Gasteiger partial charge >= 0.3 is 5.97 Å². The summed E-state index contributed by atoms with van der Waals surface area (Å²) in [7, 11) is 0. The Hall–Kier alpha value is -3.92. The number of aromatic carboxylic acids is 1. The quantitative estimate of drug-likeness (QED) is 0.0946. The van der Waals surface area contributed by atoms with Crippen molar-refractivity contribution in [3.05, 3.63) is 101 Å². The van der Waals surface area contributed by atoms with Crippen molar-refractivity contribution in [3.63, 3.8) is 0 Å². The lowest BCUT2D eigenvalue weighted by molar-refractivity contribution is -0.438. The molecule has 0 amide bonds. The molecule has 46 heavy (non-hydrogen) atoms. The van der Waals surface area contributed by atoms with Crippen molar-refractivity contribution >= 4 is 39.4 Å². The van der Waals surface area contributed by atoms with E-state index in [0.717, 1.165) is 48.2 Å². The first kappa shape index (κ1) is 33.4. The molecule has 0 radical (unpaired) electrons. The number of hydrogen-bond donors (Lipinski definition) is 1. The van der Waals surface area contributed by atoms with Crippen LogP contribution in [0.5, 0.6) is 0 Å². The van der Waals surface area contributed by atoms with Crippen LogP contribution in [0.4, 0.5) is 5.69 Å². The van der Waals surface area contributed by atoms with Gasteiger partial charge < -0.3 is 9.67 Å². The molecule has 1 aliphatic rings. The van der Waals surface area contributed by atoms with E-state index >= 15 is 0 Å². The number of unbranched alkanes of at least 4 members (excludes halogenated alkanes) is 10. The summed E-state index contributed by atoms with van der Waals surface area (Å²) >= 11 is 0. The van der Waals surface area contributed by atoms with Crippen molar-refractivity contribution < 1.29 is 14.5 Å². The van der Waals surface area contributed by atoms with Crippen LogP contribution in [0.3, 0.4) is 0 Å². The monoisotopic (exact) mass is 617 g/mol. The van der Waals surface area contributed by atoms with Crippen LogP contribution in [0.1, 0.15) is 131 Å². The van der Waals surface area contributed by atoms with Crippen molar-refractivity contribution in [1.29, 1.82) is 0 Å². The predicted octanol–water partition coefficient (Wildman–Crippen LogP) is 11.4. The number of aromatic nitrogens is 1. The standard InChI is InChI=1S/C42H52N2O2/c1-5-7-9-11-13-21-29-43-31(3)39(35-25-17-19-27-37(35)43)41(33-23-15-16-24-34(33)42(45)46)40-32(4)44(30-22-14-12-10-8-6-2)38-28-20-18-26-36(38)40/h15-20,23-28H,5-14,21-22,29-30H2,1-4H3/p+1. The Morgan fingerprint density at radius 3 is 2.00 bits per heavy atom. The molecule has 242 valence electrons.